The molecule has 4 unspecified atom stereocenters. The molecule has 2 aromatic carbocycles. The van der Waals surface area contributed by atoms with Crippen molar-refractivity contribution in [1.29, 1.82) is 0 Å². The minimum atomic E-state index is -0.840. The zero-order valence-electron chi connectivity index (χ0n) is 27.4. The van der Waals surface area contributed by atoms with Crippen LogP contribution in [-0.2, 0) is 19.1 Å². The number of non-ortho nitro benzene ring substituents is 2. The first kappa shape index (κ1) is 37.2. The number of nitro groups is 2. The van der Waals surface area contributed by atoms with Crippen LogP contribution in [0.4, 0.5) is 11.4 Å². The molecule has 0 aliphatic carbocycles. The quantitative estimate of drug-likeness (QED) is 0.0793. The van der Waals surface area contributed by atoms with Crippen LogP contribution in [0.15, 0.2) is 36.4 Å². The molecule has 0 aliphatic rings. The molecule has 0 heterocycles. The van der Waals surface area contributed by atoms with Gasteiger partial charge in [0, 0.05) is 35.4 Å². The molecule has 11 heteroatoms. The number of hydrogen-bond donors (Lipinski definition) is 0. The molecule has 0 amide bonds. The van der Waals surface area contributed by atoms with Gasteiger partial charge < -0.3 is 14.2 Å². The molecule has 2 aromatic rings. The van der Waals surface area contributed by atoms with Gasteiger partial charge in [-0.1, -0.05) is 67.2 Å². The Morgan fingerprint density at radius 2 is 1.02 bits per heavy atom. The molecule has 45 heavy (non-hydrogen) atoms. The summed E-state index contributed by atoms with van der Waals surface area (Å²) in [4.78, 5) is 48.6. The third kappa shape index (κ3) is 10.5. The van der Waals surface area contributed by atoms with Crippen LogP contribution in [-0.4, -0.2) is 21.8 Å². The van der Waals surface area contributed by atoms with Crippen molar-refractivity contribution in [3.05, 3.63) is 67.8 Å². The van der Waals surface area contributed by atoms with Crippen molar-refractivity contribution in [3.63, 3.8) is 0 Å². The van der Waals surface area contributed by atoms with E-state index in [1.807, 2.05) is 27.7 Å². The Bertz CT molecular complexity index is 1200. The molecule has 4 atom stereocenters. The summed E-state index contributed by atoms with van der Waals surface area (Å²) >= 11 is 0. The Kier molecular flexibility index (Phi) is 15.5. The molecule has 0 saturated carbocycles. The van der Waals surface area contributed by atoms with Crippen molar-refractivity contribution in [2.24, 2.45) is 11.8 Å². The predicted octanol–water partition coefficient (Wildman–Crippen LogP) is 9.72. The maximum absolute atomic E-state index is 13.1. The third-order valence-electron chi connectivity index (χ3n) is 8.05. The lowest BCUT2D eigenvalue weighted by molar-refractivity contribution is -0.385. The summed E-state index contributed by atoms with van der Waals surface area (Å²) in [5, 5.41) is 23.4. The SMILES string of the molecule is CCCCC(CC)C(=O)OC(CC)c1cc([N+](=O)[O-])ccc1Oc1ccc([N+](=O)[O-])cc1C(CC)OC(=O)C(CC)CCCC. The summed E-state index contributed by atoms with van der Waals surface area (Å²) in [6, 6.07) is 8.07. The van der Waals surface area contributed by atoms with Gasteiger partial charge in [-0.05, 0) is 50.7 Å². The van der Waals surface area contributed by atoms with Crippen LogP contribution >= 0.6 is 0 Å². The van der Waals surface area contributed by atoms with E-state index in [0.717, 1.165) is 25.7 Å². The number of rotatable bonds is 20. The van der Waals surface area contributed by atoms with Crippen molar-refractivity contribution < 1.29 is 33.6 Å². The molecule has 0 aliphatic heterocycles. The number of ether oxygens (including phenoxy) is 3. The van der Waals surface area contributed by atoms with Gasteiger partial charge >= 0.3 is 11.9 Å². The maximum atomic E-state index is 13.1. The lowest BCUT2D eigenvalue weighted by atomic mass is 9.98. The van der Waals surface area contributed by atoms with Crippen molar-refractivity contribution in [1.82, 2.24) is 0 Å². The Morgan fingerprint density at radius 1 is 0.644 bits per heavy atom. The highest BCUT2D eigenvalue weighted by Crippen LogP contribution is 2.41. The number of esters is 2. The fourth-order valence-corrected chi connectivity index (χ4v) is 5.19. The van der Waals surface area contributed by atoms with E-state index in [9.17, 15) is 29.8 Å². The highest BCUT2D eigenvalue weighted by Gasteiger charge is 2.29. The first-order chi connectivity index (χ1) is 21.5. The fraction of sp³-hybridized carbons (Fsp3) is 0.588. The molecule has 0 bridgehead atoms. The van der Waals surface area contributed by atoms with Gasteiger partial charge in [-0.3, -0.25) is 29.8 Å². The zero-order chi connectivity index (χ0) is 33.5. The number of nitro benzene ring substituents is 2. The Morgan fingerprint density at radius 3 is 1.31 bits per heavy atom. The molecule has 2 rings (SSSR count). The summed E-state index contributed by atoms with van der Waals surface area (Å²) < 4.78 is 18.2. The van der Waals surface area contributed by atoms with Crippen LogP contribution in [0, 0.1) is 32.1 Å². The average Bonchev–Trinajstić information content (AvgIpc) is 3.03. The Balaban J connectivity index is 2.57. The monoisotopic (exact) mass is 628 g/mol. The van der Waals surface area contributed by atoms with E-state index in [-0.39, 0.29) is 46.6 Å². The van der Waals surface area contributed by atoms with E-state index in [1.165, 1.54) is 36.4 Å². The summed E-state index contributed by atoms with van der Waals surface area (Å²) in [5.74, 6) is -0.976. The van der Waals surface area contributed by atoms with Gasteiger partial charge in [0.15, 0.2) is 0 Å². The number of carbonyl (C=O) groups excluding carboxylic acids is 2. The van der Waals surface area contributed by atoms with Crippen LogP contribution in [0.3, 0.4) is 0 Å². The minimum Gasteiger partial charge on any atom is -0.457 e. The first-order valence-electron chi connectivity index (χ1n) is 16.2. The number of benzene rings is 2. The second-order valence-corrected chi connectivity index (χ2v) is 11.2. The minimum absolute atomic E-state index is 0.188. The molecular weight excluding hydrogens is 580 g/mol. The van der Waals surface area contributed by atoms with Crippen molar-refractivity contribution >= 4 is 23.3 Å². The van der Waals surface area contributed by atoms with Gasteiger partial charge in [-0.25, -0.2) is 0 Å². The second-order valence-electron chi connectivity index (χ2n) is 11.2. The van der Waals surface area contributed by atoms with Crippen molar-refractivity contribution in [2.75, 3.05) is 0 Å². The fourth-order valence-electron chi connectivity index (χ4n) is 5.19. The molecule has 248 valence electrons. The third-order valence-corrected chi connectivity index (χ3v) is 8.05. The highest BCUT2D eigenvalue weighted by atomic mass is 16.6. The largest absolute Gasteiger partial charge is 0.457 e. The number of nitrogens with zero attached hydrogens (tertiary/aromatic N) is 2. The molecule has 0 aromatic heterocycles. The summed E-state index contributed by atoms with van der Waals surface area (Å²) in [7, 11) is 0. The molecule has 0 spiro atoms. The molecule has 0 radical (unpaired) electrons. The molecule has 0 N–H and O–H groups in total. The van der Waals surface area contributed by atoms with E-state index >= 15 is 0 Å². The van der Waals surface area contributed by atoms with Crippen LogP contribution in [0.25, 0.3) is 0 Å². The molecule has 11 nitrogen and oxygen atoms in total. The standard InChI is InChI=1S/C34H48N2O9/c1-7-13-15-23(9-3)33(37)44-29(11-5)27-21-25(35(39)40)17-19-31(27)43-32-20-18-26(36(41)42)22-28(32)30(12-6)45-34(38)24(10-4)16-14-8-2/h17-24,29-30H,7-16H2,1-6H3. The van der Waals surface area contributed by atoms with Gasteiger partial charge in [0.2, 0.25) is 0 Å². The van der Waals surface area contributed by atoms with Crippen molar-refractivity contribution in [2.45, 2.75) is 118 Å². The number of unbranched alkanes of at least 4 members (excludes halogenated alkanes) is 2. The van der Waals surface area contributed by atoms with Crippen LogP contribution in [0.1, 0.15) is 129 Å². The van der Waals surface area contributed by atoms with Gasteiger partial charge in [-0.2, -0.15) is 0 Å². The summed E-state index contributed by atoms with van der Waals surface area (Å²) in [6.45, 7) is 11.5. The zero-order valence-corrected chi connectivity index (χ0v) is 27.4. The van der Waals surface area contributed by atoms with Crippen LogP contribution in [0.2, 0.25) is 0 Å². The number of hydrogen-bond acceptors (Lipinski definition) is 9. The molecule has 0 saturated heterocycles. The first-order valence-corrected chi connectivity index (χ1v) is 16.2. The lowest BCUT2D eigenvalue weighted by Crippen LogP contribution is -2.21. The van der Waals surface area contributed by atoms with E-state index in [2.05, 4.69) is 0 Å². The van der Waals surface area contributed by atoms with Crippen LogP contribution in [0.5, 0.6) is 11.5 Å². The smallest absolute Gasteiger partial charge is 0.309 e. The van der Waals surface area contributed by atoms with E-state index in [4.69, 9.17) is 14.2 Å². The number of carbonyl (C=O) groups is 2. The normalized spacial score (nSPS) is 13.7. The Hall–Kier alpha value is -4.02. The van der Waals surface area contributed by atoms with Gasteiger partial charge in [-0.15, -0.1) is 0 Å². The van der Waals surface area contributed by atoms with Crippen molar-refractivity contribution in [3.8, 4) is 11.5 Å². The highest BCUT2D eigenvalue weighted by molar-refractivity contribution is 5.73. The van der Waals surface area contributed by atoms with E-state index < -0.39 is 22.1 Å². The Labute approximate surface area is 265 Å². The summed E-state index contributed by atoms with van der Waals surface area (Å²) in [6.07, 6.45) is 5.17. The maximum Gasteiger partial charge on any atom is 0.309 e. The molecular formula is C34H48N2O9. The average molecular weight is 629 g/mol. The second kappa shape index (κ2) is 18.7. The summed E-state index contributed by atoms with van der Waals surface area (Å²) in [5.41, 5.74) is 0.189. The van der Waals surface area contributed by atoms with E-state index in [0.29, 0.717) is 49.7 Å². The van der Waals surface area contributed by atoms with Gasteiger partial charge in [0.05, 0.1) is 21.7 Å². The van der Waals surface area contributed by atoms with Crippen LogP contribution < -0.4 is 4.74 Å². The van der Waals surface area contributed by atoms with E-state index in [1.54, 1.807) is 13.8 Å². The van der Waals surface area contributed by atoms with Gasteiger partial charge in [0.25, 0.3) is 11.4 Å². The predicted molar refractivity (Wildman–Crippen MR) is 171 cm³/mol. The lowest BCUT2D eigenvalue weighted by Gasteiger charge is -2.24. The topological polar surface area (TPSA) is 148 Å². The molecule has 0 fully saturated rings. The van der Waals surface area contributed by atoms with Gasteiger partial charge in [0.1, 0.15) is 23.7 Å².